The summed E-state index contributed by atoms with van der Waals surface area (Å²) in [6.07, 6.45) is -2.55. The molecule has 0 aliphatic carbocycles. The van der Waals surface area contributed by atoms with Crippen LogP contribution in [0.4, 0.5) is 8.78 Å². The fourth-order valence-corrected chi connectivity index (χ4v) is 2.85. The number of thioether (sulfide) groups is 1. The first-order valence-corrected chi connectivity index (χ1v) is 7.17. The average Bonchev–Trinajstić information content (AvgIpc) is 2.46. The van der Waals surface area contributed by atoms with Gasteiger partial charge in [-0.2, -0.15) is 0 Å². The highest BCUT2D eigenvalue weighted by Crippen LogP contribution is 2.31. The molecule has 0 fully saturated rings. The van der Waals surface area contributed by atoms with Crippen LogP contribution in [0.25, 0.3) is 10.9 Å². The van der Waals surface area contributed by atoms with E-state index >= 15 is 0 Å². The van der Waals surface area contributed by atoms with Crippen LogP contribution < -0.4 is 0 Å². The summed E-state index contributed by atoms with van der Waals surface area (Å²) in [6.45, 7) is 1.82. The molecule has 0 aliphatic rings. The van der Waals surface area contributed by atoms with Crippen LogP contribution in [0.1, 0.15) is 25.6 Å². The van der Waals surface area contributed by atoms with Crippen molar-refractivity contribution in [2.45, 2.75) is 30.0 Å². The predicted molar refractivity (Wildman–Crippen MR) is 76.4 cm³/mol. The lowest BCUT2D eigenvalue weighted by atomic mass is 10.2. The molecule has 0 saturated carbocycles. The van der Waals surface area contributed by atoms with Crippen LogP contribution in [0.2, 0.25) is 0 Å². The molecule has 0 radical (unpaired) electrons. The Morgan fingerprint density at radius 2 is 2.05 bits per heavy atom. The molecule has 112 valence electrons. The molecule has 7 heteroatoms. The molecule has 0 spiro atoms. The van der Waals surface area contributed by atoms with Crippen LogP contribution in [0, 0.1) is 0 Å². The summed E-state index contributed by atoms with van der Waals surface area (Å²) in [7, 11) is 1.31. The number of hydrogen-bond acceptors (Lipinski definition) is 5. The molecule has 1 unspecified atom stereocenters. The highest BCUT2D eigenvalue weighted by Gasteiger charge is 2.18. The van der Waals surface area contributed by atoms with Crippen molar-refractivity contribution < 1.29 is 18.3 Å². The Morgan fingerprint density at radius 3 is 2.71 bits per heavy atom. The first-order valence-electron chi connectivity index (χ1n) is 6.29. The first kappa shape index (κ1) is 15.6. The van der Waals surface area contributed by atoms with E-state index in [1.165, 1.54) is 18.9 Å². The Bertz CT molecular complexity index is 652. The number of esters is 1. The zero-order chi connectivity index (χ0) is 15.4. The Hall–Kier alpha value is -1.76. The molecule has 1 aromatic carbocycles. The molecule has 2 aromatic rings. The second-order valence-electron chi connectivity index (χ2n) is 4.41. The maximum absolute atomic E-state index is 12.9. The fourth-order valence-electron chi connectivity index (χ4n) is 1.80. The van der Waals surface area contributed by atoms with Gasteiger partial charge in [0.25, 0.3) is 6.43 Å². The number of carbonyl (C=O) groups excluding carboxylic acids is 1. The largest absolute Gasteiger partial charge is 0.469 e. The zero-order valence-corrected chi connectivity index (χ0v) is 12.4. The standard InChI is InChI=1S/C14H14F2N2O2S/c1-8(7-11(19)20-2)21-14-9-5-3-4-6-10(9)17-13(18-14)12(15)16/h3-6,8,12H,7H2,1-2H3. The summed E-state index contributed by atoms with van der Waals surface area (Å²) < 4.78 is 30.3. The van der Waals surface area contributed by atoms with Gasteiger partial charge in [-0.15, -0.1) is 11.8 Å². The summed E-state index contributed by atoms with van der Waals surface area (Å²) in [5.74, 6) is -0.844. The minimum Gasteiger partial charge on any atom is -0.469 e. The third-order valence-electron chi connectivity index (χ3n) is 2.78. The minimum absolute atomic E-state index is 0.138. The third-order valence-corrected chi connectivity index (χ3v) is 3.88. The normalized spacial score (nSPS) is 12.6. The molecule has 1 atom stereocenters. The molecule has 21 heavy (non-hydrogen) atoms. The van der Waals surface area contributed by atoms with Gasteiger partial charge < -0.3 is 4.74 Å². The number of nitrogens with zero attached hydrogens (tertiary/aromatic N) is 2. The molecule has 2 rings (SSSR count). The Balaban J connectivity index is 2.35. The maximum Gasteiger partial charge on any atom is 0.306 e. The number of para-hydroxylation sites is 1. The summed E-state index contributed by atoms with van der Waals surface area (Å²) in [5.41, 5.74) is 0.468. The van der Waals surface area contributed by atoms with Crippen molar-refractivity contribution in [2.24, 2.45) is 0 Å². The fraction of sp³-hybridized carbons (Fsp3) is 0.357. The molecular formula is C14H14F2N2O2S. The molecular weight excluding hydrogens is 298 g/mol. The average molecular weight is 312 g/mol. The van der Waals surface area contributed by atoms with Gasteiger partial charge in [-0.05, 0) is 6.07 Å². The number of aromatic nitrogens is 2. The van der Waals surface area contributed by atoms with Gasteiger partial charge in [0.1, 0.15) is 5.03 Å². The van der Waals surface area contributed by atoms with E-state index in [0.717, 1.165) is 0 Å². The number of benzene rings is 1. The Kier molecular flexibility index (Phi) is 5.06. The van der Waals surface area contributed by atoms with Crippen molar-refractivity contribution in [3.8, 4) is 0 Å². The van der Waals surface area contributed by atoms with Crippen LogP contribution in [-0.2, 0) is 9.53 Å². The molecule has 0 saturated heterocycles. The van der Waals surface area contributed by atoms with E-state index in [1.54, 1.807) is 24.3 Å². The van der Waals surface area contributed by atoms with E-state index < -0.39 is 12.2 Å². The zero-order valence-electron chi connectivity index (χ0n) is 11.5. The SMILES string of the molecule is COC(=O)CC(C)Sc1nc(C(F)F)nc2ccccc12. The minimum atomic E-state index is -2.73. The number of fused-ring (bicyclic) bond motifs is 1. The van der Waals surface area contributed by atoms with Crippen LogP contribution in [-0.4, -0.2) is 28.3 Å². The second kappa shape index (κ2) is 6.80. The lowest BCUT2D eigenvalue weighted by Crippen LogP contribution is -2.09. The van der Waals surface area contributed by atoms with Gasteiger partial charge >= 0.3 is 5.97 Å². The number of halogens is 2. The molecule has 0 N–H and O–H groups in total. The van der Waals surface area contributed by atoms with Gasteiger partial charge in [0.15, 0.2) is 5.82 Å². The summed E-state index contributed by atoms with van der Waals surface area (Å²) in [4.78, 5) is 19.0. The molecule has 0 bridgehead atoms. The van der Waals surface area contributed by atoms with E-state index in [-0.39, 0.29) is 17.6 Å². The lowest BCUT2D eigenvalue weighted by Gasteiger charge is -2.12. The van der Waals surface area contributed by atoms with E-state index in [2.05, 4.69) is 14.7 Å². The molecule has 4 nitrogen and oxygen atoms in total. The highest BCUT2D eigenvalue weighted by atomic mass is 32.2. The number of rotatable bonds is 5. The van der Waals surface area contributed by atoms with Crippen molar-refractivity contribution in [3.05, 3.63) is 30.1 Å². The number of carbonyl (C=O) groups is 1. The van der Waals surface area contributed by atoms with Crippen LogP contribution >= 0.6 is 11.8 Å². The van der Waals surface area contributed by atoms with E-state index in [0.29, 0.717) is 15.9 Å². The van der Waals surface area contributed by atoms with Gasteiger partial charge in [0, 0.05) is 10.6 Å². The van der Waals surface area contributed by atoms with Crippen LogP contribution in [0.15, 0.2) is 29.3 Å². The van der Waals surface area contributed by atoms with E-state index in [1.807, 2.05) is 6.92 Å². The summed E-state index contributed by atoms with van der Waals surface area (Å²) in [5, 5.41) is 1.01. The van der Waals surface area contributed by atoms with E-state index in [4.69, 9.17) is 0 Å². The lowest BCUT2D eigenvalue weighted by molar-refractivity contribution is -0.140. The second-order valence-corrected chi connectivity index (χ2v) is 5.84. The predicted octanol–water partition coefficient (Wildman–Crippen LogP) is 3.61. The molecule has 0 aliphatic heterocycles. The maximum atomic E-state index is 12.9. The monoisotopic (exact) mass is 312 g/mol. The third kappa shape index (κ3) is 3.87. The number of alkyl halides is 2. The molecule has 0 amide bonds. The summed E-state index contributed by atoms with van der Waals surface area (Å²) >= 11 is 1.26. The van der Waals surface area contributed by atoms with Crippen molar-refractivity contribution in [1.29, 1.82) is 0 Å². The smallest absolute Gasteiger partial charge is 0.306 e. The van der Waals surface area contributed by atoms with Crippen LogP contribution in [0.5, 0.6) is 0 Å². The number of methoxy groups -OCH3 is 1. The number of hydrogen-bond donors (Lipinski definition) is 0. The topological polar surface area (TPSA) is 52.1 Å². The van der Waals surface area contributed by atoms with Gasteiger partial charge in [0.2, 0.25) is 0 Å². The first-order chi connectivity index (χ1) is 10.0. The van der Waals surface area contributed by atoms with Crippen molar-refractivity contribution in [2.75, 3.05) is 7.11 Å². The van der Waals surface area contributed by atoms with Gasteiger partial charge in [-0.1, -0.05) is 25.1 Å². The van der Waals surface area contributed by atoms with Crippen molar-refractivity contribution >= 4 is 28.6 Å². The van der Waals surface area contributed by atoms with Gasteiger partial charge in [-0.25, -0.2) is 18.7 Å². The van der Waals surface area contributed by atoms with Crippen LogP contribution in [0.3, 0.4) is 0 Å². The Morgan fingerprint density at radius 1 is 1.33 bits per heavy atom. The quantitative estimate of drug-likeness (QED) is 0.479. The van der Waals surface area contributed by atoms with Gasteiger partial charge in [0.05, 0.1) is 19.0 Å². The number of ether oxygens (including phenoxy) is 1. The van der Waals surface area contributed by atoms with Gasteiger partial charge in [-0.3, -0.25) is 4.79 Å². The molecule has 1 heterocycles. The van der Waals surface area contributed by atoms with Crippen molar-refractivity contribution in [3.63, 3.8) is 0 Å². The highest BCUT2D eigenvalue weighted by molar-refractivity contribution is 8.00. The molecule has 1 aromatic heterocycles. The van der Waals surface area contributed by atoms with E-state index in [9.17, 15) is 13.6 Å². The summed E-state index contributed by atoms with van der Waals surface area (Å²) in [6, 6.07) is 6.97. The Labute approximate surface area is 124 Å². The van der Waals surface area contributed by atoms with Crippen molar-refractivity contribution in [1.82, 2.24) is 9.97 Å².